The number of aliphatic hydroxyl groups excluding tert-OH is 1. The zero-order chi connectivity index (χ0) is 20.1. The normalized spacial score (nSPS) is 18.1. The fraction of sp³-hybridized carbons (Fsp3) is 0.231. The summed E-state index contributed by atoms with van der Waals surface area (Å²) in [4.78, 5) is 2.31. The van der Waals surface area contributed by atoms with Crippen molar-refractivity contribution < 1.29 is 9.84 Å². The second-order valence-corrected chi connectivity index (χ2v) is 7.51. The maximum atomic E-state index is 10.8. The van der Waals surface area contributed by atoms with E-state index >= 15 is 0 Å². The van der Waals surface area contributed by atoms with Crippen LogP contribution in [-0.2, 0) is 6.61 Å². The van der Waals surface area contributed by atoms with Gasteiger partial charge in [-0.2, -0.15) is 0 Å². The molecule has 0 spiro atoms. The van der Waals surface area contributed by atoms with Gasteiger partial charge in [0.1, 0.15) is 12.4 Å². The van der Waals surface area contributed by atoms with E-state index in [1.807, 2.05) is 48.5 Å². The Morgan fingerprint density at radius 3 is 2.24 bits per heavy atom. The predicted octanol–water partition coefficient (Wildman–Crippen LogP) is 5.09. The van der Waals surface area contributed by atoms with Crippen molar-refractivity contribution in [3.8, 4) is 5.75 Å². The van der Waals surface area contributed by atoms with E-state index in [9.17, 15) is 5.11 Å². The van der Waals surface area contributed by atoms with Crippen molar-refractivity contribution in [3.05, 3.63) is 108 Å². The standard InChI is InChI=1S/C26H27NO2/c1-20(22-10-6-3-7-11-22)27-17-16-25(26(28)18-27)23-12-14-24(15-13-23)29-19-21-8-4-2-5-9-21/h2-16,20,26,28H,17-19H2,1H3/t20-,26+/m1/s1. The third-order valence-electron chi connectivity index (χ3n) is 5.58. The van der Waals surface area contributed by atoms with Crippen LogP contribution in [0.15, 0.2) is 91.0 Å². The molecule has 0 aromatic heterocycles. The smallest absolute Gasteiger partial charge is 0.119 e. The summed E-state index contributed by atoms with van der Waals surface area (Å²) in [5.74, 6) is 0.836. The molecule has 0 saturated heterocycles. The lowest BCUT2D eigenvalue weighted by Gasteiger charge is -2.35. The molecule has 0 saturated carbocycles. The predicted molar refractivity (Wildman–Crippen MR) is 118 cm³/mol. The highest BCUT2D eigenvalue weighted by atomic mass is 16.5. The molecular formula is C26H27NO2. The Bertz CT molecular complexity index is 935. The first-order chi connectivity index (χ1) is 14.2. The Balaban J connectivity index is 1.40. The summed E-state index contributed by atoms with van der Waals surface area (Å²) in [6, 6.07) is 28.9. The quantitative estimate of drug-likeness (QED) is 0.642. The highest BCUT2D eigenvalue weighted by Gasteiger charge is 2.25. The molecule has 3 heteroatoms. The van der Waals surface area contributed by atoms with Gasteiger partial charge in [0.05, 0.1) is 6.10 Å². The first-order valence-corrected chi connectivity index (χ1v) is 10.1. The molecule has 148 valence electrons. The molecule has 3 nitrogen and oxygen atoms in total. The van der Waals surface area contributed by atoms with E-state index in [4.69, 9.17) is 4.74 Å². The first-order valence-electron chi connectivity index (χ1n) is 10.1. The fourth-order valence-corrected chi connectivity index (χ4v) is 3.80. The van der Waals surface area contributed by atoms with Gasteiger partial charge in [-0.25, -0.2) is 0 Å². The van der Waals surface area contributed by atoms with Crippen LogP contribution in [0.4, 0.5) is 0 Å². The van der Waals surface area contributed by atoms with E-state index < -0.39 is 6.10 Å². The maximum Gasteiger partial charge on any atom is 0.119 e. The third-order valence-corrected chi connectivity index (χ3v) is 5.58. The average molecular weight is 386 g/mol. The van der Waals surface area contributed by atoms with Crippen molar-refractivity contribution in [2.75, 3.05) is 13.1 Å². The van der Waals surface area contributed by atoms with Gasteiger partial charge in [-0.1, -0.05) is 78.9 Å². The monoisotopic (exact) mass is 385 g/mol. The lowest BCUT2D eigenvalue weighted by molar-refractivity contribution is 0.126. The van der Waals surface area contributed by atoms with Crippen LogP contribution in [0, 0.1) is 0 Å². The van der Waals surface area contributed by atoms with Crippen LogP contribution >= 0.6 is 0 Å². The summed E-state index contributed by atoms with van der Waals surface area (Å²) in [7, 11) is 0. The van der Waals surface area contributed by atoms with Gasteiger partial charge in [-0.05, 0) is 41.3 Å². The number of hydrogen-bond donors (Lipinski definition) is 1. The number of benzene rings is 3. The fourth-order valence-electron chi connectivity index (χ4n) is 3.80. The molecule has 0 radical (unpaired) electrons. The first kappa shape index (κ1) is 19.4. The second kappa shape index (κ2) is 9.08. The Morgan fingerprint density at radius 2 is 1.59 bits per heavy atom. The van der Waals surface area contributed by atoms with Crippen molar-refractivity contribution >= 4 is 5.57 Å². The van der Waals surface area contributed by atoms with Gasteiger partial charge in [0.25, 0.3) is 0 Å². The van der Waals surface area contributed by atoms with Crippen LogP contribution in [0.25, 0.3) is 5.57 Å². The summed E-state index contributed by atoms with van der Waals surface area (Å²) in [5.41, 5.74) is 4.47. The molecule has 0 unspecified atom stereocenters. The number of nitrogens with zero attached hydrogens (tertiary/aromatic N) is 1. The van der Waals surface area contributed by atoms with E-state index in [1.165, 1.54) is 5.56 Å². The van der Waals surface area contributed by atoms with E-state index in [0.717, 1.165) is 29.0 Å². The van der Waals surface area contributed by atoms with Crippen molar-refractivity contribution in [1.29, 1.82) is 0 Å². The van der Waals surface area contributed by atoms with Gasteiger partial charge in [-0.3, -0.25) is 4.90 Å². The molecule has 4 rings (SSSR count). The number of β-amino-alcohol motifs (C(OH)–C–C–N with tert-alkyl or cyclic N) is 1. The molecule has 0 aliphatic carbocycles. The number of ether oxygens (including phenoxy) is 1. The van der Waals surface area contributed by atoms with E-state index in [1.54, 1.807) is 0 Å². The van der Waals surface area contributed by atoms with Crippen molar-refractivity contribution in [1.82, 2.24) is 4.90 Å². The highest BCUT2D eigenvalue weighted by Crippen LogP contribution is 2.29. The molecule has 2 atom stereocenters. The van der Waals surface area contributed by atoms with Gasteiger partial charge < -0.3 is 9.84 Å². The average Bonchev–Trinajstić information content (AvgIpc) is 2.79. The van der Waals surface area contributed by atoms with Crippen LogP contribution in [0.5, 0.6) is 5.75 Å². The number of hydrogen-bond acceptors (Lipinski definition) is 3. The molecule has 3 aromatic rings. The zero-order valence-corrected chi connectivity index (χ0v) is 16.7. The Morgan fingerprint density at radius 1 is 0.931 bits per heavy atom. The van der Waals surface area contributed by atoms with Gasteiger partial charge in [0, 0.05) is 19.1 Å². The Labute approximate surface area is 172 Å². The minimum Gasteiger partial charge on any atom is -0.489 e. The van der Waals surface area contributed by atoms with E-state index in [0.29, 0.717) is 13.2 Å². The number of rotatable bonds is 6. The Kier molecular flexibility index (Phi) is 6.09. The molecule has 0 bridgehead atoms. The third kappa shape index (κ3) is 4.76. The van der Waals surface area contributed by atoms with E-state index in [-0.39, 0.29) is 6.04 Å². The maximum absolute atomic E-state index is 10.8. The van der Waals surface area contributed by atoms with Crippen LogP contribution < -0.4 is 4.74 Å². The SMILES string of the molecule is C[C@H](c1ccccc1)N1CC=C(c2ccc(OCc3ccccc3)cc2)[C@@H](O)C1. The summed E-state index contributed by atoms with van der Waals surface area (Å²) >= 11 is 0. The van der Waals surface area contributed by atoms with Crippen molar-refractivity contribution in [2.45, 2.75) is 25.7 Å². The van der Waals surface area contributed by atoms with Crippen LogP contribution in [0.2, 0.25) is 0 Å². The van der Waals surface area contributed by atoms with Crippen LogP contribution in [-0.4, -0.2) is 29.2 Å². The highest BCUT2D eigenvalue weighted by molar-refractivity contribution is 5.70. The summed E-state index contributed by atoms with van der Waals surface area (Å²) in [5, 5.41) is 10.8. The van der Waals surface area contributed by atoms with Gasteiger partial charge in [0.15, 0.2) is 0 Å². The van der Waals surface area contributed by atoms with Crippen molar-refractivity contribution in [2.24, 2.45) is 0 Å². The van der Waals surface area contributed by atoms with Crippen molar-refractivity contribution in [3.63, 3.8) is 0 Å². The molecule has 1 aliphatic heterocycles. The molecule has 3 aromatic carbocycles. The summed E-state index contributed by atoms with van der Waals surface area (Å²) in [6.07, 6.45) is 1.65. The lowest BCUT2D eigenvalue weighted by atomic mass is 9.95. The van der Waals surface area contributed by atoms with Gasteiger partial charge >= 0.3 is 0 Å². The van der Waals surface area contributed by atoms with Gasteiger partial charge in [-0.15, -0.1) is 0 Å². The van der Waals surface area contributed by atoms with E-state index in [2.05, 4.69) is 54.3 Å². The largest absolute Gasteiger partial charge is 0.489 e. The zero-order valence-electron chi connectivity index (χ0n) is 16.7. The lowest BCUT2D eigenvalue weighted by Crippen LogP contribution is -2.38. The number of aliphatic hydroxyl groups is 1. The van der Waals surface area contributed by atoms with Crippen LogP contribution in [0.1, 0.15) is 29.7 Å². The summed E-state index contributed by atoms with van der Waals surface area (Å²) < 4.78 is 5.87. The molecule has 0 amide bonds. The molecule has 29 heavy (non-hydrogen) atoms. The topological polar surface area (TPSA) is 32.7 Å². The molecule has 1 aliphatic rings. The second-order valence-electron chi connectivity index (χ2n) is 7.51. The molecule has 0 fully saturated rings. The Hall–Kier alpha value is -2.88. The van der Waals surface area contributed by atoms with Gasteiger partial charge in [0.2, 0.25) is 0 Å². The minimum atomic E-state index is -0.494. The molecular weight excluding hydrogens is 358 g/mol. The summed E-state index contributed by atoms with van der Waals surface area (Å²) in [6.45, 7) is 4.21. The van der Waals surface area contributed by atoms with Crippen LogP contribution in [0.3, 0.4) is 0 Å². The minimum absolute atomic E-state index is 0.275. The molecule has 1 N–H and O–H groups in total. The molecule has 1 heterocycles.